The number of nitrogens with one attached hydrogen (secondary N) is 1. The minimum Gasteiger partial charge on any atom is -0.354 e. The number of rotatable bonds is 11. The van der Waals surface area contributed by atoms with Gasteiger partial charge in [-0.2, -0.15) is 0 Å². The highest BCUT2D eigenvalue weighted by molar-refractivity contribution is 6.30. The lowest BCUT2D eigenvalue weighted by molar-refractivity contribution is -0.141. The standard InChI is InChI=1S/C28H31ClN2O2/c1-2-3-10-19-30-28(33)27(24-13-8-5-9-14-24)31(21-23-15-17-25(29)18-16-23)26(32)20-22-11-6-4-7-12-22/h4-9,11-18,27H,2-3,10,19-21H2,1H3,(H,30,33). The van der Waals surface area contributed by atoms with Gasteiger partial charge >= 0.3 is 0 Å². The third-order valence-corrected chi connectivity index (χ3v) is 5.79. The summed E-state index contributed by atoms with van der Waals surface area (Å²) in [5.41, 5.74) is 2.63. The van der Waals surface area contributed by atoms with Crippen molar-refractivity contribution in [3.63, 3.8) is 0 Å². The number of carbonyl (C=O) groups is 2. The van der Waals surface area contributed by atoms with Crippen molar-refractivity contribution in [1.82, 2.24) is 10.2 Å². The molecule has 3 aromatic carbocycles. The van der Waals surface area contributed by atoms with Crippen LogP contribution in [-0.4, -0.2) is 23.3 Å². The van der Waals surface area contributed by atoms with Gasteiger partial charge in [0.1, 0.15) is 6.04 Å². The molecule has 0 heterocycles. The molecule has 0 aromatic heterocycles. The fourth-order valence-electron chi connectivity index (χ4n) is 3.77. The molecule has 0 bridgehead atoms. The van der Waals surface area contributed by atoms with Gasteiger partial charge in [-0.3, -0.25) is 9.59 Å². The predicted octanol–water partition coefficient (Wildman–Crippen LogP) is 5.96. The molecule has 172 valence electrons. The zero-order valence-electron chi connectivity index (χ0n) is 19.0. The monoisotopic (exact) mass is 462 g/mol. The summed E-state index contributed by atoms with van der Waals surface area (Å²) < 4.78 is 0. The van der Waals surface area contributed by atoms with Crippen LogP contribution < -0.4 is 5.32 Å². The maximum absolute atomic E-state index is 13.6. The van der Waals surface area contributed by atoms with E-state index in [4.69, 9.17) is 11.6 Å². The van der Waals surface area contributed by atoms with E-state index in [0.29, 0.717) is 18.1 Å². The summed E-state index contributed by atoms with van der Waals surface area (Å²) in [6.45, 7) is 3.03. The van der Waals surface area contributed by atoms with Crippen LogP contribution in [-0.2, 0) is 22.6 Å². The van der Waals surface area contributed by atoms with Crippen LogP contribution in [0, 0.1) is 0 Å². The van der Waals surface area contributed by atoms with Crippen LogP contribution in [0.15, 0.2) is 84.9 Å². The molecule has 0 radical (unpaired) electrons. The molecule has 0 aliphatic heterocycles. The smallest absolute Gasteiger partial charge is 0.247 e. The molecule has 0 spiro atoms. The minimum atomic E-state index is -0.722. The number of nitrogens with zero attached hydrogens (tertiary/aromatic N) is 1. The molecule has 4 nitrogen and oxygen atoms in total. The fraction of sp³-hybridized carbons (Fsp3) is 0.286. The molecule has 0 fully saturated rings. The van der Waals surface area contributed by atoms with E-state index < -0.39 is 6.04 Å². The number of hydrogen-bond acceptors (Lipinski definition) is 2. The summed E-state index contributed by atoms with van der Waals surface area (Å²) in [5.74, 6) is -0.263. The highest BCUT2D eigenvalue weighted by Gasteiger charge is 2.31. The zero-order valence-corrected chi connectivity index (χ0v) is 19.8. The topological polar surface area (TPSA) is 49.4 Å². The van der Waals surface area contributed by atoms with Gasteiger partial charge in [-0.05, 0) is 35.2 Å². The van der Waals surface area contributed by atoms with Crippen LogP contribution in [0.5, 0.6) is 0 Å². The summed E-state index contributed by atoms with van der Waals surface area (Å²) >= 11 is 6.07. The maximum atomic E-state index is 13.6. The van der Waals surface area contributed by atoms with Gasteiger partial charge in [0.05, 0.1) is 6.42 Å². The van der Waals surface area contributed by atoms with Gasteiger partial charge < -0.3 is 10.2 Å². The van der Waals surface area contributed by atoms with Crippen molar-refractivity contribution < 1.29 is 9.59 Å². The molecule has 2 amide bonds. The first kappa shape index (κ1) is 24.5. The van der Waals surface area contributed by atoms with Crippen molar-refractivity contribution in [2.75, 3.05) is 6.54 Å². The van der Waals surface area contributed by atoms with E-state index in [9.17, 15) is 9.59 Å². The van der Waals surface area contributed by atoms with E-state index in [2.05, 4.69) is 12.2 Å². The second-order valence-corrected chi connectivity index (χ2v) is 8.56. The van der Waals surface area contributed by atoms with Crippen LogP contribution in [0.1, 0.15) is 48.9 Å². The van der Waals surface area contributed by atoms with Crippen LogP contribution in [0.25, 0.3) is 0 Å². The van der Waals surface area contributed by atoms with Gasteiger partial charge in [0, 0.05) is 18.1 Å². The predicted molar refractivity (Wildman–Crippen MR) is 134 cm³/mol. The number of benzene rings is 3. The van der Waals surface area contributed by atoms with Crippen molar-refractivity contribution in [2.24, 2.45) is 0 Å². The third-order valence-electron chi connectivity index (χ3n) is 5.54. The lowest BCUT2D eigenvalue weighted by Crippen LogP contribution is -2.44. The average Bonchev–Trinajstić information content (AvgIpc) is 2.84. The Hall–Kier alpha value is -3.11. The minimum absolute atomic E-state index is 0.103. The third kappa shape index (κ3) is 7.47. The van der Waals surface area contributed by atoms with E-state index >= 15 is 0 Å². The summed E-state index contributed by atoms with van der Waals surface area (Å²) in [5, 5.41) is 3.69. The van der Waals surface area contributed by atoms with Crippen molar-refractivity contribution in [3.05, 3.63) is 107 Å². The number of hydrogen-bond donors (Lipinski definition) is 1. The lowest BCUT2D eigenvalue weighted by Gasteiger charge is -2.32. The Morgan fingerprint density at radius 1 is 0.848 bits per heavy atom. The number of amides is 2. The first-order chi connectivity index (χ1) is 16.1. The molecule has 33 heavy (non-hydrogen) atoms. The zero-order chi connectivity index (χ0) is 23.5. The average molecular weight is 463 g/mol. The Kier molecular flexibility index (Phi) is 9.52. The van der Waals surface area contributed by atoms with Crippen LogP contribution in [0.2, 0.25) is 5.02 Å². The van der Waals surface area contributed by atoms with Crippen molar-refractivity contribution in [1.29, 1.82) is 0 Å². The normalized spacial score (nSPS) is 11.6. The highest BCUT2D eigenvalue weighted by atomic mass is 35.5. The molecule has 1 N–H and O–H groups in total. The summed E-state index contributed by atoms with van der Waals surface area (Å²) in [4.78, 5) is 28.7. The number of carbonyl (C=O) groups excluding carboxylic acids is 2. The summed E-state index contributed by atoms with van der Waals surface area (Å²) in [6, 6.07) is 25.8. The lowest BCUT2D eigenvalue weighted by atomic mass is 10.0. The molecule has 0 saturated heterocycles. The van der Waals surface area contributed by atoms with Crippen molar-refractivity contribution in [3.8, 4) is 0 Å². The van der Waals surface area contributed by atoms with Crippen molar-refractivity contribution >= 4 is 23.4 Å². The Balaban J connectivity index is 1.93. The molecular weight excluding hydrogens is 432 g/mol. The van der Waals surface area contributed by atoms with E-state index in [1.807, 2.05) is 72.8 Å². The molecule has 0 aliphatic rings. The maximum Gasteiger partial charge on any atom is 0.247 e. The van der Waals surface area contributed by atoms with Crippen molar-refractivity contribution in [2.45, 2.75) is 45.2 Å². The van der Waals surface area contributed by atoms with E-state index in [1.54, 1.807) is 17.0 Å². The Morgan fingerprint density at radius 2 is 1.48 bits per heavy atom. The Morgan fingerprint density at radius 3 is 2.12 bits per heavy atom. The van der Waals surface area contributed by atoms with Crippen LogP contribution in [0.4, 0.5) is 0 Å². The fourth-order valence-corrected chi connectivity index (χ4v) is 3.90. The van der Waals surface area contributed by atoms with E-state index in [1.165, 1.54) is 0 Å². The van der Waals surface area contributed by atoms with E-state index in [0.717, 1.165) is 36.0 Å². The van der Waals surface area contributed by atoms with Crippen LogP contribution >= 0.6 is 11.6 Å². The molecule has 3 aromatic rings. The summed E-state index contributed by atoms with van der Waals surface area (Å²) in [7, 11) is 0. The molecular formula is C28H31ClN2O2. The first-order valence-electron chi connectivity index (χ1n) is 11.5. The molecule has 1 atom stereocenters. The molecule has 1 unspecified atom stereocenters. The highest BCUT2D eigenvalue weighted by Crippen LogP contribution is 2.25. The molecule has 0 saturated carbocycles. The Labute approximate surface area is 201 Å². The van der Waals surface area contributed by atoms with Gasteiger partial charge in [0.2, 0.25) is 11.8 Å². The van der Waals surface area contributed by atoms with E-state index in [-0.39, 0.29) is 18.2 Å². The van der Waals surface area contributed by atoms with Gasteiger partial charge in [-0.15, -0.1) is 0 Å². The van der Waals surface area contributed by atoms with Gasteiger partial charge in [0.15, 0.2) is 0 Å². The van der Waals surface area contributed by atoms with Gasteiger partial charge in [0.25, 0.3) is 0 Å². The van der Waals surface area contributed by atoms with Crippen LogP contribution in [0.3, 0.4) is 0 Å². The SMILES string of the molecule is CCCCCNC(=O)C(c1ccccc1)N(Cc1ccc(Cl)cc1)C(=O)Cc1ccccc1. The molecule has 0 aliphatic carbocycles. The number of unbranched alkanes of at least 4 members (excludes halogenated alkanes) is 2. The van der Waals surface area contributed by atoms with Gasteiger partial charge in [-0.25, -0.2) is 0 Å². The van der Waals surface area contributed by atoms with Gasteiger partial charge in [-0.1, -0.05) is 104 Å². The molecule has 5 heteroatoms. The Bertz CT molecular complexity index is 1010. The largest absolute Gasteiger partial charge is 0.354 e. The second kappa shape index (κ2) is 12.8. The quantitative estimate of drug-likeness (QED) is 0.357. The summed E-state index contributed by atoms with van der Waals surface area (Å²) in [6.07, 6.45) is 3.27. The number of halogens is 1. The second-order valence-electron chi connectivity index (χ2n) is 8.12. The molecule has 3 rings (SSSR count). The first-order valence-corrected chi connectivity index (χ1v) is 11.9.